The van der Waals surface area contributed by atoms with Gasteiger partial charge in [-0.2, -0.15) is 0 Å². The number of hydrogen-bond acceptors (Lipinski definition) is 2. The fraction of sp³-hybridized carbons (Fsp3) is 0.588. The second-order valence-electron chi connectivity index (χ2n) is 6.06. The zero-order valence-corrected chi connectivity index (χ0v) is 12.1. The van der Waals surface area contributed by atoms with Crippen LogP contribution in [0.2, 0.25) is 0 Å². The molecule has 2 rings (SSSR count). The fourth-order valence-corrected chi connectivity index (χ4v) is 2.98. The molecule has 3 unspecified atom stereocenters. The molecule has 1 fully saturated rings. The van der Waals surface area contributed by atoms with E-state index in [9.17, 15) is 4.79 Å². The summed E-state index contributed by atoms with van der Waals surface area (Å²) in [6.07, 6.45) is 3.48. The smallest absolute Gasteiger partial charge is 0.338 e. The Morgan fingerprint density at radius 3 is 2.63 bits per heavy atom. The van der Waals surface area contributed by atoms with Crippen molar-refractivity contribution in [2.45, 2.75) is 46.1 Å². The summed E-state index contributed by atoms with van der Waals surface area (Å²) < 4.78 is 5.77. The molecule has 0 heterocycles. The van der Waals surface area contributed by atoms with Crippen molar-refractivity contribution < 1.29 is 9.53 Å². The zero-order valence-electron chi connectivity index (χ0n) is 12.1. The molecule has 1 saturated carbocycles. The van der Waals surface area contributed by atoms with E-state index in [0.29, 0.717) is 23.3 Å². The average Bonchev–Trinajstić information content (AvgIpc) is 2.39. The van der Waals surface area contributed by atoms with Gasteiger partial charge in [-0.15, -0.1) is 0 Å². The van der Waals surface area contributed by atoms with Crippen molar-refractivity contribution in [3.63, 3.8) is 0 Å². The molecule has 1 radical (unpaired) electrons. The van der Waals surface area contributed by atoms with Gasteiger partial charge < -0.3 is 4.74 Å². The van der Waals surface area contributed by atoms with Gasteiger partial charge in [0.1, 0.15) is 6.10 Å². The lowest BCUT2D eigenvalue weighted by atomic mass is 9.75. The van der Waals surface area contributed by atoms with Crippen molar-refractivity contribution in [2.75, 3.05) is 0 Å². The first-order valence-electron chi connectivity index (χ1n) is 7.25. The summed E-state index contributed by atoms with van der Waals surface area (Å²) in [7, 11) is 0. The summed E-state index contributed by atoms with van der Waals surface area (Å²) >= 11 is 0. The second kappa shape index (κ2) is 6.23. The van der Waals surface area contributed by atoms with Gasteiger partial charge in [0.2, 0.25) is 0 Å². The maximum absolute atomic E-state index is 12.2. The van der Waals surface area contributed by atoms with E-state index in [1.165, 1.54) is 12.8 Å². The first-order valence-corrected chi connectivity index (χ1v) is 7.25. The van der Waals surface area contributed by atoms with Gasteiger partial charge in [-0.1, -0.05) is 39.3 Å². The molecule has 0 N–H and O–H groups in total. The van der Waals surface area contributed by atoms with E-state index in [2.05, 4.69) is 26.8 Å². The molecule has 2 heteroatoms. The average molecular weight is 259 g/mol. The van der Waals surface area contributed by atoms with Crippen LogP contribution in [0.4, 0.5) is 0 Å². The maximum Gasteiger partial charge on any atom is 0.338 e. The number of hydrogen-bond donors (Lipinski definition) is 0. The Kier molecular flexibility index (Phi) is 4.62. The van der Waals surface area contributed by atoms with E-state index in [-0.39, 0.29) is 12.1 Å². The predicted molar refractivity (Wildman–Crippen MR) is 75.8 cm³/mol. The third kappa shape index (κ3) is 3.59. The van der Waals surface area contributed by atoms with Crippen LogP contribution in [-0.4, -0.2) is 12.1 Å². The quantitative estimate of drug-likeness (QED) is 0.764. The molecule has 1 aromatic carbocycles. The minimum atomic E-state index is -0.196. The normalized spacial score (nSPS) is 27.3. The van der Waals surface area contributed by atoms with Crippen molar-refractivity contribution in [1.29, 1.82) is 0 Å². The van der Waals surface area contributed by atoms with Gasteiger partial charge in [0, 0.05) is 0 Å². The Morgan fingerprint density at radius 2 is 2.00 bits per heavy atom. The van der Waals surface area contributed by atoms with Crippen LogP contribution in [0.3, 0.4) is 0 Å². The molecular weight excluding hydrogens is 236 g/mol. The molecule has 0 amide bonds. The lowest BCUT2D eigenvalue weighted by Gasteiger charge is -2.36. The highest BCUT2D eigenvalue weighted by molar-refractivity contribution is 5.89. The van der Waals surface area contributed by atoms with E-state index in [1.807, 2.05) is 0 Å². The first kappa shape index (κ1) is 14.1. The Hall–Kier alpha value is -1.31. The summed E-state index contributed by atoms with van der Waals surface area (Å²) in [5.41, 5.74) is 0.625. The Morgan fingerprint density at radius 1 is 1.32 bits per heavy atom. The van der Waals surface area contributed by atoms with Gasteiger partial charge in [0.05, 0.1) is 5.56 Å². The van der Waals surface area contributed by atoms with Crippen LogP contribution in [-0.2, 0) is 4.74 Å². The van der Waals surface area contributed by atoms with Crippen molar-refractivity contribution in [2.24, 2.45) is 17.8 Å². The number of carbonyl (C=O) groups excluding carboxylic acids is 1. The van der Waals surface area contributed by atoms with Crippen molar-refractivity contribution in [3.8, 4) is 0 Å². The van der Waals surface area contributed by atoms with Gasteiger partial charge >= 0.3 is 5.97 Å². The van der Waals surface area contributed by atoms with Crippen LogP contribution in [0.15, 0.2) is 24.3 Å². The molecule has 1 aromatic rings. The highest BCUT2D eigenvalue weighted by Crippen LogP contribution is 2.35. The van der Waals surface area contributed by atoms with E-state index in [0.717, 1.165) is 6.42 Å². The van der Waals surface area contributed by atoms with Crippen LogP contribution >= 0.6 is 0 Å². The largest absolute Gasteiger partial charge is 0.458 e. The molecule has 0 spiro atoms. The van der Waals surface area contributed by atoms with E-state index >= 15 is 0 Å². The predicted octanol–water partition coefficient (Wildman–Crippen LogP) is 4.10. The Balaban J connectivity index is 2.04. The summed E-state index contributed by atoms with van der Waals surface area (Å²) in [5, 5.41) is 0. The number of ether oxygens (including phenoxy) is 1. The van der Waals surface area contributed by atoms with Crippen molar-refractivity contribution in [3.05, 3.63) is 35.9 Å². The summed E-state index contributed by atoms with van der Waals surface area (Å²) in [4.78, 5) is 12.2. The number of rotatable bonds is 3. The molecule has 0 aliphatic heterocycles. The van der Waals surface area contributed by atoms with E-state index in [4.69, 9.17) is 4.74 Å². The Bertz CT molecular complexity index is 411. The van der Waals surface area contributed by atoms with Crippen molar-refractivity contribution >= 4 is 5.97 Å². The number of carbonyl (C=O) groups is 1. The lowest BCUT2D eigenvalue weighted by Crippen LogP contribution is -2.35. The molecule has 3 atom stereocenters. The van der Waals surface area contributed by atoms with Crippen LogP contribution in [0.25, 0.3) is 0 Å². The van der Waals surface area contributed by atoms with E-state index < -0.39 is 0 Å². The van der Waals surface area contributed by atoms with Crippen molar-refractivity contribution in [1.82, 2.24) is 0 Å². The molecule has 103 valence electrons. The maximum atomic E-state index is 12.2. The Labute approximate surface area is 116 Å². The van der Waals surface area contributed by atoms with Gasteiger partial charge in [-0.3, -0.25) is 0 Å². The summed E-state index contributed by atoms with van der Waals surface area (Å²) in [6.45, 7) is 6.69. The van der Waals surface area contributed by atoms with Crippen LogP contribution in [0, 0.1) is 23.8 Å². The zero-order chi connectivity index (χ0) is 13.8. The molecule has 1 aliphatic rings. The van der Waals surface area contributed by atoms with Gasteiger partial charge in [0.25, 0.3) is 0 Å². The van der Waals surface area contributed by atoms with Gasteiger partial charge in [-0.25, -0.2) is 4.79 Å². The SMILES string of the molecule is CC1CCC(C(C)C)C(OC(=O)c2cc[c]cc2)C1. The minimum absolute atomic E-state index is 0.0698. The highest BCUT2D eigenvalue weighted by Gasteiger charge is 2.33. The molecule has 2 nitrogen and oxygen atoms in total. The molecular formula is C17H23O2. The lowest BCUT2D eigenvalue weighted by molar-refractivity contribution is -0.0174. The van der Waals surface area contributed by atoms with Crippen LogP contribution in [0.1, 0.15) is 50.4 Å². The first-order chi connectivity index (χ1) is 9.08. The standard InChI is InChI=1S/C17H23O2/c1-12(2)15-10-9-13(3)11-16(15)19-17(18)14-7-5-4-6-8-14/h5-8,12-13,15-16H,9-11H2,1-3H3. The van der Waals surface area contributed by atoms with E-state index in [1.54, 1.807) is 24.3 Å². The third-order valence-corrected chi connectivity index (χ3v) is 4.17. The fourth-order valence-electron chi connectivity index (χ4n) is 2.98. The topological polar surface area (TPSA) is 26.3 Å². The molecule has 19 heavy (non-hydrogen) atoms. The molecule has 0 saturated heterocycles. The summed E-state index contributed by atoms with van der Waals surface area (Å²) in [5.74, 6) is 1.51. The van der Waals surface area contributed by atoms with Crippen LogP contribution in [0.5, 0.6) is 0 Å². The highest BCUT2D eigenvalue weighted by atomic mass is 16.5. The summed E-state index contributed by atoms with van der Waals surface area (Å²) in [6, 6.07) is 9.94. The second-order valence-corrected chi connectivity index (χ2v) is 6.06. The number of benzene rings is 1. The van der Waals surface area contributed by atoms with Gasteiger partial charge in [0.15, 0.2) is 0 Å². The molecule has 0 aromatic heterocycles. The molecule has 0 bridgehead atoms. The number of esters is 1. The molecule has 1 aliphatic carbocycles. The minimum Gasteiger partial charge on any atom is -0.458 e. The third-order valence-electron chi connectivity index (χ3n) is 4.17. The van der Waals surface area contributed by atoms with Gasteiger partial charge in [-0.05, 0) is 48.8 Å². The van der Waals surface area contributed by atoms with Crippen LogP contribution < -0.4 is 0 Å². The monoisotopic (exact) mass is 259 g/mol.